The summed E-state index contributed by atoms with van der Waals surface area (Å²) in [6.07, 6.45) is 2.78. The number of rotatable bonds is 8. The number of halogens is 1. The Morgan fingerprint density at radius 3 is 2.51 bits per heavy atom. The normalized spacial score (nSPS) is 14.1. The maximum atomic E-state index is 13.6. The summed E-state index contributed by atoms with van der Waals surface area (Å²) in [5.74, 6) is 0.450. The van der Waals surface area contributed by atoms with E-state index in [9.17, 15) is 9.90 Å². The maximum absolute atomic E-state index is 13.6. The molecule has 0 saturated carbocycles. The lowest BCUT2D eigenvalue weighted by molar-refractivity contribution is 0.176. The fourth-order valence-corrected chi connectivity index (χ4v) is 4.82. The molecule has 0 bridgehead atoms. The molecule has 0 radical (unpaired) electrons. The van der Waals surface area contributed by atoms with Crippen LogP contribution in [-0.2, 0) is 25.8 Å². The van der Waals surface area contributed by atoms with Crippen LogP contribution in [0, 0.1) is 0 Å². The van der Waals surface area contributed by atoms with Crippen molar-refractivity contribution in [3.05, 3.63) is 105 Å². The number of anilines is 1. The number of hydrogen-bond acceptors (Lipinski definition) is 5. The number of aromatic nitrogens is 4. The molecule has 190 valence electrons. The highest BCUT2D eigenvalue weighted by atomic mass is 35.5. The number of amides is 2. The number of urea groups is 1. The van der Waals surface area contributed by atoms with Crippen LogP contribution in [0.5, 0.6) is 0 Å². The Balaban J connectivity index is 1.35. The van der Waals surface area contributed by atoms with Gasteiger partial charge < -0.3 is 10.4 Å². The average molecular weight is 517 g/mol. The number of nitrogens with one attached hydrogen (secondary N) is 2. The van der Waals surface area contributed by atoms with E-state index < -0.39 is 6.10 Å². The first-order chi connectivity index (χ1) is 18.0. The number of H-pyrrole nitrogens is 1. The highest BCUT2D eigenvalue weighted by Crippen LogP contribution is 2.29. The van der Waals surface area contributed by atoms with Crippen LogP contribution in [0.25, 0.3) is 0 Å². The van der Waals surface area contributed by atoms with Gasteiger partial charge in [0, 0.05) is 17.1 Å². The smallest absolute Gasteiger partial charge is 0.322 e. The molecule has 9 heteroatoms. The molecule has 3 aromatic carbocycles. The standard InChI is InChI=1S/C28H29ClN6O2/c1-18(20-9-12-24(29)13-10-20)30-28(37)35(25-14-11-21-3-2-4-23(21)15-25)17-19-5-7-22(8-6-19)26(36)16-27-31-33-34-32-27/h5-15,18,26,36H,2-4,16-17H2,1H3,(H,30,37)(H,31,32,33,34). The fourth-order valence-electron chi connectivity index (χ4n) is 4.69. The Morgan fingerprint density at radius 2 is 1.78 bits per heavy atom. The molecule has 3 N–H and O–H groups in total. The van der Waals surface area contributed by atoms with Gasteiger partial charge in [-0.05, 0) is 78.3 Å². The first-order valence-corrected chi connectivity index (χ1v) is 12.8. The van der Waals surface area contributed by atoms with E-state index in [0.29, 0.717) is 17.4 Å². The molecule has 37 heavy (non-hydrogen) atoms. The lowest BCUT2D eigenvalue weighted by Gasteiger charge is -2.26. The molecule has 1 heterocycles. The summed E-state index contributed by atoms with van der Waals surface area (Å²) in [7, 11) is 0. The van der Waals surface area contributed by atoms with Crippen molar-refractivity contribution in [1.29, 1.82) is 0 Å². The number of nitrogens with zero attached hydrogens (tertiary/aromatic N) is 4. The molecule has 2 unspecified atom stereocenters. The number of aryl methyl sites for hydroxylation is 2. The number of aliphatic hydroxyl groups is 1. The highest BCUT2D eigenvalue weighted by molar-refractivity contribution is 6.30. The molecule has 8 nitrogen and oxygen atoms in total. The van der Waals surface area contributed by atoms with Crippen molar-refractivity contribution in [3.63, 3.8) is 0 Å². The third-order valence-corrected chi connectivity index (χ3v) is 7.07. The number of carbonyl (C=O) groups excluding carboxylic acids is 1. The molecule has 1 aliphatic carbocycles. The highest BCUT2D eigenvalue weighted by Gasteiger charge is 2.21. The minimum atomic E-state index is -0.747. The first kappa shape index (κ1) is 24.9. The monoisotopic (exact) mass is 516 g/mol. The Morgan fingerprint density at radius 1 is 1.05 bits per heavy atom. The molecule has 0 spiro atoms. The molecule has 0 aliphatic heterocycles. The summed E-state index contributed by atoms with van der Waals surface area (Å²) in [5.41, 5.74) is 6.21. The number of hydrogen-bond donors (Lipinski definition) is 3. The lowest BCUT2D eigenvalue weighted by atomic mass is 10.0. The van der Waals surface area contributed by atoms with Gasteiger partial charge in [-0.1, -0.05) is 59.3 Å². The van der Waals surface area contributed by atoms with Crippen molar-refractivity contribution in [2.75, 3.05) is 4.90 Å². The van der Waals surface area contributed by atoms with Crippen LogP contribution in [-0.4, -0.2) is 31.8 Å². The lowest BCUT2D eigenvalue weighted by Crippen LogP contribution is -2.41. The van der Waals surface area contributed by atoms with E-state index in [1.165, 1.54) is 11.1 Å². The fraction of sp³-hybridized carbons (Fsp3) is 0.286. The second-order valence-corrected chi connectivity index (χ2v) is 9.84. The largest absolute Gasteiger partial charge is 0.388 e. The first-order valence-electron chi connectivity index (χ1n) is 12.4. The van der Waals surface area contributed by atoms with Crippen LogP contribution in [0.3, 0.4) is 0 Å². The molecule has 0 fully saturated rings. The third kappa shape index (κ3) is 5.98. The van der Waals surface area contributed by atoms with Crippen LogP contribution in [0.15, 0.2) is 66.7 Å². The third-order valence-electron chi connectivity index (χ3n) is 6.82. The number of aliphatic hydroxyl groups excluding tert-OH is 1. The molecule has 4 aromatic rings. The summed E-state index contributed by atoms with van der Waals surface area (Å²) in [6.45, 7) is 2.35. The minimum absolute atomic E-state index is 0.179. The van der Waals surface area contributed by atoms with Crippen LogP contribution >= 0.6 is 11.6 Å². The number of carbonyl (C=O) groups is 1. The minimum Gasteiger partial charge on any atom is -0.388 e. The number of benzene rings is 3. The topological polar surface area (TPSA) is 107 Å². The van der Waals surface area contributed by atoms with Gasteiger partial charge in [-0.15, -0.1) is 10.2 Å². The summed E-state index contributed by atoms with van der Waals surface area (Å²) < 4.78 is 0. The molecule has 5 rings (SSSR count). The van der Waals surface area contributed by atoms with Gasteiger partial charge in [-0.3, -0.25) is 4.90 Å². The number of fused-ring (bicyclic) bond motifs is 1. The molecule has 2 amide bonds. The second kappa shape index (κ2) is 11.1. The van der Waals surface area contributed by atoms with Crippen molar-refractivity contribution >= 4 is 23.3 Å². The zero-order chi connectivity index (χ0) is 25.8. The van der Waals surface area contributed by atoms with Gasteiger partial charge in [0.2, 0.25) is 0 Å². The van der Waals surface area contributed by atoms with E-state index in [4.69, 9.17) is 11.6 Å². The zero-order valence-corrected chi connectivity index (χ0v) is 21.3. The van der Waals surface area contributed by atoms with E-state index in [1.54, 1.807) is 4.90 Å². The average Bonchev–Trinajstić information content (AvgIpc) is 3.59. The maximum Gasteiger partial charge on any atom is 0.322 e. The molecule has 1 aromatic heterocycles. The van der Waals surface area contributed by atoms with Crippen LogP contribution in [0.2, 0.25) is 5.02 Å². The SMILES string of the molecule is CC(NC(=O)N(Cc1ccc(C(O)Cc2nn[nH]n2)cc1)c1ccc2c(c1)CCC2)c1ccc(Cl)cc1. The van der Waals surface area contributed by atoms with Gasteiger partial charge in [0.15, 0.2) is 5.82 Å². The van der Waals surface area contributed by atoms with Gasteiger partial charge in [0.1, 0.15) is 0 Å². The second-order valence-electron chi connectivity index (χ2n) is 9.40. The number of tetrazole rings is 1. The summed E-state index contributed by atoms with van der Waals surface area (Å²) >= 11 is 6.03. The molecule has 0 saturated heterocycles. The molecule has 2 atom stereocenters. The van der Waals surface area contributed by atoms with Crippen LogP contribution < -0.4 is 10.2 Å². The Kier molecular flexibility index (Phi) is 7.48. The predicted molar refractivity (Wildman–Crippen MR) is 142 cm³/mol. The Hall–Kier alpha value is -3.75. The van der Waals surface area contributed by atoms with Crippen molar-refractivity contribution in [2.24, 2.45) is 0 Å². The van der Waals surface area contributed by atoms with Crippen LogP contribution in [0.4, 0.5) is 10.5 Å². The quantitative estimate of drug-likeness (QED) is 0.302. The van der Waals surface area contributed by atoms with Gasteiger partial charge >= 0.3 is 6.03 Å². The Labute approximate surface area is 220 Å². The molecule has 1 aliphatic rings. The van der Waals surface area contributed by atoms with Crippen molar-refractivity contribution in [1.82, 2.24) is 25.9 Å². The number of aromatic amines is 1. The predicted octanol–water partition coefficient (Wildman–Crippen LogP) is 5.10. The molecular weight excluding hydrogens is 488 g/mol. The van der Waals surface area contributed by atoms with E-state index in [2.05, 4.69) is 38.1 Å². The van der Waals surface area contributed by atoms with Gasteiger partial charge in [-0.25, -0.2) is 4.79 Å². The zero-order valence-electron chi connectivity index (χ0n) is 20.6. The van der Waals surface area contributed by atoms with Gasteiger partial charge in [-0.2, -0.15) is 5.21 Å². The van der Waals surface area contributed by atoms with Crippen molar-refractivity contribution in [2.45, 2.75) is 51.3 Å². The summed E-state index contributed by atoms with van der Waals surface area (Å²) in [5, 5.41) is 28.1. The van der Waals surface area contributed by atoms with Gasteiger partial charge in [0.25, 0.3) is 0 Å². The van der Waals surface area contributed by atoms with Crippen LogP contribution in [0.1, 0.15) is 59.1 Å². The molecular formula is C28H29ClN6O2. The van der Waals surface area contributed by atoms with E-state index in [-0.39, 0.29) is 18.5 Å². The van der Waals surface area contributed by atoms with E-state index >= 15 is 0 Å². The summed E-state index contributed by atoms with van der Waals surface area (Å²) in [4.78, 5) is 15.4. The van der Waals surface area contributed by atoms with Crippen molar-refractivity contribution < 1.29 is 9.90 Å². The Bertz CT molecular complexity index is 1340. The van der Waals surface area contributed by atoms with Gasteiger partial charge in [0.05, 0.1) is 18.7 Å². The van der Waals surface area contributed by atoms with E-state index in [1.807, 2.05) is 61.5 Å². The summed E-state index contributed by atoms with van der Waals surface area (Å²) in [6, 6.07) is 21.0. The van der Waals surface area contributed by atoms with E-state index in [0.717, 1.165) is 41.6 Å². The van der Waals surface area contributed by atoms with Crippen molar-refractivity contribution in [3.8, 4) is 0 Å².